The second-order valence-electron chi connectivity index (χ2n) is 10.2. The van der Waals surface area contributed by atoms with Gasteiger partial charge in [0.2, 0.25) is 5.91 Å². The van der Waals surface area contributed by atoms with Crippen LogP contribution in [-0.4, -0.2) is 64.9 Å². The Bertz CT molecular complexity index is 865. The summed E-state index contributed by atoms with van der Waals surface area (Å²) in [6.07, 6.45) is 5.07. The van der Waals surface area contributed by atoms with Gasteiger partial charge in [0.15, 0.2) is 0 Å². The van der Waals surface area contributed by atoms with Gasteiger partial charge in [0.1, 0.15) is 0 Å². The molecule has 3 fully saturated rings. The minimum absolute atomic E-state index is 0.140. The fourth-order valence-corrected chi connectivity index (χ4v) is 6.06. The molecule has 2 heterocycles. The van der Waals surface area contributed by atoms with Crippen molar-refractivity contribution in [3.8, 4) is 0 Å². The Morgan fingerprint density at radius 1 is 1.16 bits per heavy atom. The van der Waals surface area contributed by atoms with E-state index >= 15 is 0 Å². The van der Waals surface area contributed by atoms with Crippen molar-refractivity contribution in [2.24, 2.45) is 5.41 Å². The number of anilines is 2. The number of aliphatic hydroxyl groups is 1. The van der Waals surface area contributed by atoms with Crippen molar-refractivity contribution in [2.75, 3.05) is 29.4 Å². The first-order chi connectivity index (χ1) is 15.2. The molecule has 0 aromatic heterocycles. The fourth-order valence-electron chi connectivity index (χ4n) is 6.06. The van der Waals surface area contributed by atoms with Crippen molar-refractivity contribution in [3.05, 3.63) is 23.8 Å². The Hall–Kier alpha value is -2.28. The van der Waals surface area contributed by atoms with E-state index in [9.17, 15) is 19.8 Å². The number of carbonyl (C=O) groups excluding carboxylic acids is 1. The van der Waals surface area contributed by atoms with Crippen LogP contribution in [0.5, 0.6) is 0 Å². The molecule has 32 heavy (non-hydrogen) atoms. The van der Waals surface area contributed by atoms with Gasteiger partial charge in [0.05, 0.1) is 11.5 Å². The molecule has 7 heteroatoms. The highest BCUT2D eigenvalue weighted by molar-refractivity contribution is 5.88. The lowest BCUT2D eigenvalue weighted by atomic mass is 9.78. The number of carbonyl (C=O) groups is 2. The van der Waals surface area contributed by atoms with Crippen molar-refractivity contribution in [3.63, 3.8) is 0 Å². The topological polar surface area (TPSA) is 84.3 Å². The van der Waals surface area contributed by atoms with E-state index in [1.165, 1.54) is 4.90 Å². The van der Waals surface area contributed by atoms with Gasteiger partial charge in [0, 0.05) is 43.1 Å². The second kappa shape index (κ2) is 8.93. The van der Waals surface area contributed by atoms with Crippen molar-refractivity contribution < 1.29 is 19.8 Å². The number of amides is 2. The van der Waals surface area contributed by atoms with Crippen molar-refractivity contribution in [1.29, 1.82) is 0 Å². The van der Waals surface area contributed by atoms with Gasteiger partial charge < -0.3 is 20.0 Å². The summed E-state index contributed by atoms with van der Waals surface area (Å²) in [5, 5.41) is 19.4. The van der Waals surface area contributed by atoms with Gasteiger partial charge in [-0.05, 0) is 89.5 Å². The van der Waals surface area contributed by atoms with E-state index in [0.29, 0.717) is 11.6 Å². The fraction of sp³-hybridized carbons (Fsp3) is 0.680. The monoisotopic (exact) mass is 443 g/mol. The van der Waals surface area contributed by atoms with E-state index in [0.717, 1.165) is 75.8 Å². The molecule has 0 bridgehead atoms. The average Bonchev–Trinajstić information content (AvgIpc) is 3.04. The molecule has 1 spiro atoms. The van der Waals surface area contributed by atoms with Crippen molar-refractivity contribution >= 4 is 23.4 Å². The highest BCUT2D eigenvalue weighted by Crippen LogP contribution is 2.44. The first-order valence-electron chi connectivity index (χ1n) is 12.1. The number of nitrogens with zero attached hydrogens (tertiary/aromatic N) is 3. The molecule has 0 radical (unpaired) electrons. The number of piperidine rings is 1. The van der Waals surface area contributed by atoms with Crippen LogP contribution in [-0.2, 0) is 4.79 Å². The highest BCUT2D eigenvalue weighted by atomic mass is 16.4. The first kappa shape index (κ1) is 22.9. The third kappa shape index (κ3) is 4.19. The number of carboxylic acid groups (broad SMARTS) is 1. The molecule has 7 nitrogen and oxygen atoms in total. The van der Waals surface area contributed by atoms with Gasteiger partial charge in [-0.15, -0.1) is 0 Å². The third-order valence-corrected chi connectivity index (χ3v) is 7.75. The predicted octanol–water partition coefficient (Wildman–Crippen LogP) is 4.01. The van der Waals surface area contributed by atoms with E-state index in [1.807, 2.05) is 39.0 Å². The number of benzene rings is 1. The maximum absolute atomic E-state index is 13.6. The minimum Gasteiger partial charge on any atom is -0.465 e. The summed E-state index contributed by atoms with van der Waals surface area (Å²) in [6.45, 7) is 8.23. The molecule has 2 N–H and O–H groups in total. The summed E-state index contributed by atoms with van der Waals surface area (Å²) in [5.74, 6) is 0.301. The Kier molecular flexibility index (Phi) is 6.39. The number of likely N-dealkylation sites (tertiary alicyclic amines) is 1. The Morgan fingerprint density at radius 3 is 2.50 bits per heavy atom. The van der Waals surface area contributed by atoms with E-state index in [1.54, 1.807) is 0 Å². The molecular formula is C25H37N3O4. The molecule has 3 aliphatic rings. The Balaban J connectivity index is 1.51. The van der Waals surface area contributed by atoms with Crippen LogP contribution in [0.15, 0.2) is 18.2 Å². The molecule has 1 unspecified atom stereocenters. The molecule has 1 aromatic carbocycles. The van der Waals surface area contributed by atoms with Crippen LogP contribution >= 0.6 is 0 Å². The zero-order chi connectivity index (χ0) is 23.0. The zero-order valence-electron chi connectivity index (χ0n) is 19.6. The number of hydrogen-bond acceptors (Lipinski definition) is 4. The van der Waals surface area contributed by atoms with Gasteiger partial charge >= 0.3 is 6.09 Å². The maximum Gasteiger partial charge on any atom is 0.412 e. The van der Waals surface area contributed by atoms with Crippen LogP contribution < -0.4 is 9.80 Å². The van der Waals surface area contributed by atoms with Crippen LogP contribution in [0.25, 0.3) is 0 Å². The first-order valence-corrected chi connectivity index (χ1v) is 12.1. The van der Waals surface area contributed by atoms with Crippen molar-refractivity contribution in [1.82, 2.24) is 4.90 Å². The summed E-state index contributed by atoms with van der Waals surface area (Å²) in [7, 11) is 0. The van der Waals surface area contributed by atoms with Gasteiger partial charge in [-0.2, -0.15) is 0 Å². The Morgan fingerprint density at radius 2 is 1.88 bits per heavy atom. The van der Waals surface area contributed by atoms with Crippen LogP contribution in [0.3, 0.4) is 0 Å². The number of aliphatic hydroxyl groups excluding tert-OH is 1. The molecule has 1 atom stereocenters. The predicted molar refractivity (Wildman–Crippen MR) is 125 cm³/mol. The lowest BCUT2D eigenvalue weighted by Crippen LogP contribution is -2.50. The molecule has 1 aromatic rings. The van der Waals surface area contributed by atoms with E-state index in [-0.39, 0.29) is 23.6 Å². The summed E-state index contributed by atoms with van der Waals surface area (Å²) in [4.78, 5) is 31.1. The SMILES string of the molecule is Cc1cc(N(C(=O)O)C(C)C)ccc1N1CCCC2(CCN(C3CCC(O)CC3)C2=O)C1. The molecule has 176 valence electrons. The molecule has 4 rings (SSSR count). The number of aryl methyl sites for hydroxylation is 1. The smallest absolute Gasteiger partial charge is 0.412 e. The number of hydrogen-bond donors (Lipinski definition) is 2. The van der Waals surface area contributed by atoms with Crippen molar-refractivity contribution in [2.45, 2.75) is 83.9 Å². The van der Waals surface area contributed by atoms with Crippen LogP contribution in [0.4, 0.5) is 16.2 Å². The molecule has 1 aliphatic carbocycles. The molecule has 2 saturated heterocycles. The molecular weight excluding hydrogens is 406 g/mol. The van der Waals surface area contributed by atoms with E-state index in [2.05, 4.69) is 9.80 Å². The minimum atomic E-state index is -0.948. The largest absolute Gasteiger partial charge is 0.465 e. The van der Waals surface area contributed by atoms with E-state index in [4.69, 9.17) is 0 Å². The van der Waals surface area contributed by atoms with Crippen LogP contribution in [0.2, 0.25) is 0 Å². The van der Waals surface area contributed by atoms with Crippen LogP contribution in [0.1, 0.15) is 64.4 Å². The van der Waals surface area contributed by atoms with Crippen LogP contribution in [0, 0.1) is 12.3 Å². The summed E-state index contributed by atoms with van der Waals surface area (Å²) in [6, 6.07) is 5.98. The van der Waals surface area contributed by atoms with Gasteiger partial charge in [-0.3, -0.25) is 9.69 Å². The van der Waals surface area contributed by atoms with Gasteiger partial charge in [0.25, 0.3) is 0 Å². The third-order valence-electron chi connectivity index (χ3n) is 7.75. The normalized spacial score (nSPS) is 28.6. The summed E-state index contributed by atoms with van der Waals surface area (Å²) >= 11 is 0. The lowest BCUT2D eigenvalue weighted by molar-refractivity contribution is -0.139. The molecule has 1 saturated carbocycles. The second-order valence-corrected chi connectivity index (χ2v) is 10.2. The number of rotatable bonds is 4. The van der Waals surface area contributed by atoms with Gasteiger partial charge in [-0.1, -0.05) is 0 Å². The quantitative estimate of drug-likeness (QED) is 0.735. The Labute approximate surface area is 191 Å². The highest BCUT2D eigenvalue weighted by Gasteiger charge is 2.50. The standard InChI is InChI=1S/C25H37N3O4/c1-17(2)28(24(31)32)20-7-10-22(18(3)15-20)26-13-4-11-25(16-26)12-14-27(23(25)30)19-5-8-21(29)9-6-19/h7,10,15,17,19,21,29H,4-6,8-9,11-14,16H2,1-3H3,(H,31,32). The lowest BCUT2D eigenvalue weighted by Gasteiger charge is -2.42. The average molecular weight is 444 g/mol. The molecule has 2 aliphatic heterocycles. The molecule has 2 amide bonds. The van der Waals surface area contributed by atoms with E-state index < -0.39 is 6.09 Å². The summed E-state index contributed by atoms with van der Waals surface area (Å²) < 4.78 is 0. The zero-order valence-corrected chi connectivity index (χ0v) is 19.6. The summed E-state index contributed by atoms with van der Waals surface area (Å²) in [5.41, 5.74) is 2.50. The van der Waals surface area contributed by atoms with Gasteiger partial charge in [-0.25, -0.2) is 4.79 Å². The maximum atomic E-state index is 13.6.